The lowest BCUT2D eigenvalue weighted by atomic mass is 9.74. The van der Waals surface area contributed by atoms with Gasteiger partial charge in [0, 0.05) is 30.2 Å². The monoisotopic (exact) mass is 337 g/mol. The average Bonchev–Trinajstić information content (AvgIpc) is 3.08. The van der Waals surface area contributed by atoms with Crippen molar-refractivity contribution in [3.63, 3.8) is 0 Å². The van der Waals surface area contributed by atoms with Gasteiger partial charge in [0.05, 0.1) is 6.20 Å². The van der Waals surface area contributed by atoms with E-state index in [1.807, 2.05) is 24.3 Å². The summed E-state index contributed by atoms with van der Waals surface area (Å²) in [5.41, 5.74) is 0.882. The van der Waals surface area contributed by atoms with E-state index in [-0.39, 0.29) is 11.3 Å². The standard InChI is InChI=1S/C15H16ClN3O2S/c16-12-4-2-1-3-11(12)15(5-7-21-8-6-15)10-17-14(20)13-9-18-19-22-13/h1-4,9H,5-8,10H2,(H,17,20). The number of benzene rings is 1. The van der Waals surface area contributed by atoms with Crippen LogP contribution in [0.3, 0.4) is 0 Å². The van der Waals surface area contributed by atoms with Crippen LogP contribution in [0.4, 0.5) is 0 Å². The maximum absolute atomic E-state index is 12.2. The number of hydrogen-bond donors (Lipinski definition) is 1. The lowest BCUT2D eigenvalue weighted by molar-refractivity contribution is 0.0488. The van der Waals surface area contributed by atoms with E-state index >= 15 is 0 Å². The van der Waals surface area contributed by atoms with Crippen molar-refractivity contribution in [1.29, 1.82) is 0 Å². The van der Waals surface area contributed by atoms with E-state index < -0.39 is 0 Å². The molecule has 1 aliphatic heterocycles. The van der Waals surface area contributed by atoms with Crippen molar-refractivity contribution >= 4 is 29.0 Å². The Bertz CT molecular complexity index is 642. The summed E-state index contributed by atoms with van der Waals surface area (Å²) in [5, 5.41) is 7.43. The molecule has 0 atom stereocenters. The Kier molecular flexibility index (Phi) is 4.71. The molecular weight excluding hydrogens is 322 g/mol. The smallest absolute Gasteiger partial charge is 0.264 e. The average molecular weight is 338 g/mol. The molecule has 0 spiro atoms. The fourth-order valence-electron chi connectivity index (χ4n) is 2.80. The normalized spacial score (nSPS) is 17.1. The Morgan fingerprint density at radius 1 is 1.36 bits per heavy atom. The molecule has 2 heterocycles. The highest BCUT2D eigenvalue weighted by Gasteiger charge is 2.36. The molecule has 1 N–H and O–H groups in total. The summed E-state index contributed by atoms with van der Waals surface area (Å²) in [6, 6.07) is 7.82. The van der Waals surface area contributed by atoms with Crippen LogP contribution in [0.5, 0.6) is 0 Å². The van der Waals surface area contributed by atoms with E-state index in [1.165, 1.54) is 6.20 Å². The van der Waals surface area contributed by atoms with Crippen molar-refractivity contribution in [2.24, 2.45) is 0 Å². The minimum absolute atomic E-state index is 0.145. The number of nitrogens with zero attached hydrogens (tertiary/aromatic N) is 2. The molecule has 22 heavy (non-hydrogen) atoms. The van der Waals surface area contributed by atoms with Crippen LogP contribution in [0.15, 0.2) is 30.5 Å². The van der Waals surface area contributed by atoms with Crippen LogP contribution < -0.4 is 5.32 Å². The number of ether oxygens (including phenoxy) is 1. The first-order chi connectivity index (χ1) is 10.7. The lowest BCUT2D eigenvalue weighted by Crippen LogP contribution is -2.44. The molecule has 0 radical (unpaired) electrons. The number of halogens is 1. The van der Waals surface area contributed by atoms with Gasteiger partial charge in [0.1, 0.15) is 4.88 Å². The third-order valence-electron chi connectivity index (χ3n) is 4.07. The van der Waals surface area contributed by atoms with Crippen LogP contribution >= 0.6 is 23.1 Å². The Hall–Kier alpha value is -1.50. The van der Waals surface area contributed by atoms with E-state index in [0.717, 1.165) is 35.0 Å². The molecule has 2 aromatic rings. The third kappa shape index (κ3) is 3.14. The minimum Gasteiger partial charge on any atom is -0.381 e. The Morgan fingerprint density at radius 3 is 2.82 bits per heavy atom. The van der Waals surface area contributed by atoms with E-state index in [1.54, 1.807) is 0 Å². The van der Waals surface area contributed by atoms with Crippen LogP contribution in [0, 0.1) is 0 Å². The van der Waals surface area contributed by atoms with Crippen molar-refractivity contribution in [2.75, 3.05) is 19.8 Å². The number of carbonyl (C=O) groups is 1. The van der Waals surface area contributed by atoms with Gasteiger partial charge >= 0.3 is 0 Å². The molecule has 1 aromatic heterocycles. The Balaban J connectivity index is 1.81. The molecule has 116 valence electrons. The number of rotatable bonds is 4. The van der Waals surface area contributed by atoms with Gasteiger partial charge in [-0.15, -0.1) is 5.10 Å². The summed E-state index contributed by atoms with van der Waals surface area (Å²) in [5.74, 6) is -0.145. The number of hydrogen-bond acceptors (Lipinski definition) is 5. The highest BCUT2D eigenvalue weighted by molar-refractivity contribution is 7.07. The first-order valence-corrected chi connectivity index (χ1v) is 8.25. The van der Waals surface area contributed by atoms with Crippen molar-refractivity contribution in [2.45, 2.75) is 18.3 Å². The first-order valence-electron chi connectivity index (χ1n) is 7.10. The summed E-state index contributed by atoms with van der Waals surface area (Å²) >= 11 is 7.48. The Morgan fingerprint density at radius 2 is 2.14 bits per heavy atom. The predicted octanol–water partition coefficient (Wildman–Crippen LogP) is 2.67. The van der Waals surface area contributed by atoms with Crippen LogP contribution in [-0.4, -0.2) is 35.3 Å². The van der Waals surface area contributed by atoms with E-state index in [4.69, 9.17) is 16.3 Å². The largest absolute Gasteiger partial charge is 0.381 e. The maximum atomic E-state index is 12.2. The van der Waals surface area contributed by atoms with Crippen LogP contribution in [-0.2, 0) is 10.2 Å². The quantitative estimate of drug-likeness (QED) is 0.931. The van der Waals surface area contributed by atoms with E-state index in [0.29, 0.717) is 24.6 Å². The van der Waals surface area contributed by atoms with Crippen LogP contribution in [0.1, 0.15) is 28.1 Å². The lowest BCUT2D eigenvalue weighted by Gasteiger charge is -2.38. The molecule has 3 rings (SSSR count). The van der Waals surface area contributed by atoms with Crippen molar-refractivity contribution in [1.82, 2.24) is 14.9 Å². The first kappa shape index (κ1) is 15.4. The van der Waals surface area contributed by atoms with Gasteiger partial charge in [0.15, 0.2) is 0 Å². The number of aromatic nitrogens is 2. The van der Waals surface area contributed by atoms with Crippen molar-refractivity contribution in [3.05, 3.63) is 45.9 Å². The SMILES string of the molecule is O=C(NCC1(c2ccccc2Cl)CCOCC1)c1cnns1. The van der Waals surface area contributed by atoms with Gasteiger partial charge in [-0.25, -0.2) is 0 Å². The Labute approximate surface area is 137 Å². The van der Waals surface area contributed by atoms with Crippen molar-refractivity contribution < 1.29 is 9.53 Å². The summed E-state index contributed by atoms with van der Waals surface area (Å²) in [7, 11) is 0. The molecule has 0 saturated carbocycles. The molecule has 1 saturated heterocycles. The predicted molar refractivity (Wildman–Crippen MR) is 85.4 cm³/mol. The molecule has 1 aliphatic rings. The highest BCUT2D eigenvalue weighted by Crippen LogP contribution is 2.38. The molecule has 1 fully saturated rings. The summed E-state index contributed by atoms with van der Waals surface area (Å²) < 4.78 is 9.21. The van der Waals surface area contributed by atoms with E-state index in [9.17, 15) is 4.79 Å². The van der Waals surface area contributed by atoms with Crippen molar-refractivity contribution in [3.8, 4) is 0 Å². The van der Waals surface area contributed by atoms with Gasteiger partial charge in [-0.2, -0.15) is 0 Å². The number of nitrogens with one attached hydrogen (secondary N) is 1. The fourth-order valence-corrected chi connectivity index (χ4v) is 3.57. The molecule has 5 nitrogen and oxygen atoms in total. The fraction of sp³-hybridized carbons (Fsp3) is 0.400. The summed E-state index contributed by atoms with van der Waals surface area (Å²) in [4.78, 5) is 12.7. The molecular formula is C15H16ClN3O2S. The maximum Gasteiger partial charge on any atom is 0.264 e. The van der Waals surface area contributed by atoms with Gasteiger partial charge in [-0.1, -0.05) is 34.3 Å². The molecule has 1 aromatic carbocycles. The molecule has 0 unspecified atom stereocenters. The number of amides is 1. The van der Waals surface area contributed by atoms with Crippen LogP contribution in [0.2, 0.25) is 5.02 Å². The van der Waals surface area contributed by atoms with Gasteiger partial charge in [-0.05, 0) is 36.0 Å². The molecule has 1 amide bonds. The zero-order chi connectivity index (χ0) is 15.4. The van der Waals surface area contributed by atoms with E-state index in [2.05, 4.69) is 14.9 Å². The van der Waals surface area contributed by atoms with Gasteiger partial charge in [0.25, 0.3) is 5.91 Å². The van der Waals surface area contributed by atoms with Gasteiger partial charge < -0.3 is 10.1 Å². The second kappa shape index (κ2) is 6.73. The second-order valence-electron chi connectivity index (χ2n) is 5.34. The van der Waals surface area contributed by atoms with Gasteiger partial charge in [-0.3, -0.25) is 4.79 Å². The third-order valence-corrected chi connectivity index (χ3v) is 5.06. The molecule has 0 aliphatic carbocycles. The zero-order valence-electron chi connectivity index (χ0n) is 11.9. The molecule has 7 heteroatoms. The number of carbonyl (C=O) groups excluding carboxylic acids is 1. The summed E-state index contributed by atoms with van der Waals surface area (Å²) in [6.07, 6.45) is 3.14. The molecule has 0 bridgehead atoms. The van der Waals surface area contributed by atoms with Crippen LogP contribution in [0.25, 0.3) is 0 Å². The topological polar surface area (TPSA) is 64.1 Å². The highest BCUT2D eigenvalue weighted by atomic mass is 35.5. The second-order valence-corrected chi connectivity index (χ2v) is 6.53. The zero-order valence-corrected chi connectivity index (χ0v) is 13.5. The summed E-state index contributed by atoms with van der Waals surface area (Å²) in [6.45, 7) is 1.86. The minimum atomic E-state index is -0.190. The van der Waals surface area contributed by atoms with Gasteiger partial charge in [0.2, 0.25) is 0 Å².